The van der Waals surface area contributed by atoms with Crippen LogP contribution < -0.4 is 10.6 Å². The summed E-state index contributed by atoms with van der Waals surface area (Å²) < 4.78 is 4.91. The molecule has 7 heteroatoms. The second-order valence-electron chi connectivity index (χ2n) is 6.14. The summed E-state index contributed by atoms with van der Waals surface area (Å²) in [6, 6.07) is 0. The highest BCUT2D eigenvalue weighted by atomic mass is 16.5. The second kappa shape index (κ2) is 13.5. The number of ether oxygens (including phenoxy) is 1. The first-order chi connectivity index (χ1) is 12.2. The lowest BCUT2D eigenvalue weighted by molar-refractivity contribution is -0.143. The summed E-state index contributed by atoms with van der Waals surface area (Å²) in [5.74, 6) is 0.882. The Kier molecular flexibility index (Phi) is 11.5. The van der Waals surface area contributed by atoms with Gasteiger partial charge in [0, 0.05) is 45.6 Å². The average Bonchev–Trinajstić information content (AvgIpc) is 2.80. The Balaban J connectivity index is 2.25. The predicted octanol–water partition coefficient (Wildman–Crippen LogP) is 1.68. The third-order valence-electron chi connectivity index (χ3n) is 4.03. The van der Waals surface area contributed by atoms with Gasteiger partial charge in [-0.15, -0.1) is 0 Å². The standard InChI is InChI=1S/C18H34N4O3/c1-3-19-18(20-12-8-11-17(24)25-4-2)21-13-9-15-22-14-7-5-6-10-16(22)23/h3-15H2,1-2H3,(H2,19,20,21). The maximum atomic E-state index is 11.9. The number of likely N-dealkylation sites (tertiary alicyclic amines) is 1. The van der Waals surface area contributed by atoms with Crippen molar-refractivity contribution >= 4 is 17.8 Å². The number of hydrogen-bond donors (Lipinski definition) is 2. The highest BCUT2D eigenvalue weighted by Crippen LogP contribution is 2.11. The van der Waals surface area contributed by atoms with Crippen molar-refractivity contribution < 1.29 is 14.3 Å². The molecule has 1 heterocycles. The molecule has 1 fully saturated rings. The van der Waals surface area contributed by atoms with Crippen LogP contribution in [-0.4, -0.2) is 62.1 Å². The van der Waals surface area contributed by atoms with Gasteiger partial charge in [-0.1, -0.05) is 6.42 Å². The number of esters is 1. The molecular weight excluding hydrogens is 320 g/mol. The normalized spacial score (nSPS) is 15.7. The van der Waals surface area contributed by atoms with E-state index in [0.717, 1.165) is 51.3 Å². The Morgan fingerprint density at radius 3 is 2.80 bits per heavy atom. The maximum absolute atomic E-state index is 11.9. The van der Waals surface area contributed by atoms with E-state index in [1.54, 1.807) is 0 Å². The minimum atomic E-state index is -0.159. The van der Waals surface area contributed by atoms with Gasteiger partial charge in [0.1, 0.15) is 0 Å². The summed E-state index contributed by atoms with van der Waals surface area (Å²) in [7, 11) is 0. The Bertz CT molecular complexity index is 427. The Morgan fingerprint density at radius 2 is 2.04 bits per heavy atom. The number of guanidine groups is 1. The van der Waals surface area contributed by atoms with Crippen molar-refractivity contribution in [1.29, 1.82) is 0 Å². The fraction of sp³-hybridized carbons (Fsp3) is 0.833. The highest BCUT2D eigenvalue weighted by molar-refractivity contribution is 5.79. The van der Waals surface area contributed by atoms with Gasteiger partial charge in [0.05, 0.1) is 6.61 Å². The van der Waals surface area contributed by atoms with E-state index in [1.807, 2.05) is 18.7 Å². The van der Waals surface area contributed by atoms with E-state index >= 15 is 0 Å². The third-order valence-corrected chi connectivity index (χ3v) is 4.03. The van der Waals surface area contributed by atoms with Crippen molar-refractivity contribution in [3.8, 4) is 0 Å². The third kappa shape index (κ3) is 9.94. The van der Waals surface area contributed by atoms with E-state index in [-0.39, 0.29) is 11.9 Å². The van der Waals surface area contributed by atoms with Gasteiger partial charge in [-0.05, 0) is 39.5 Å². The van der Waals surface area contributed by atoms with Crippen LogP contribution in [0.1, 0.15) is 58.8 Å². The molecule has 2 N–H and O–H groups in total. The Morgan fingerprint density at radius 1 is 1.20 bits per heavy atom. The molecule has 0 aliphatic carbocycles. The van der Waals surface area contributed by atoms with Gasteiger partial charge in [0.25, 0.3) is 0 Å². The first-order valence-corrected chi connectivity index (χ1v) is 9.63. The second-order valence-corrected chi connectivity index (χ2v) is 6.14. The highest BCUT2D eigenvalue weighted by Gasteiger charge is 2.15. The molecule has 7 nitrogen and oxygen atoms in total. The van der Waals surface area contributed by atoms with Crippen molar-refractivity contribution in [2.45, 2.75) is 58.8 Å². The zero-order valence-corrected chi connectivity index (χ0v) is 15.8. The van der Waals surface area contributed by atoms with Crippen LogP contribution in [0.4, 0.5) is 0 Å². The lowest BCUT2D eigenvalue weighted by atomic mass is 10.2. The van der Waals surface area contributed by atoms with Gasteiger partial charge < -0.3 is 20.3 Å². The Labute approximate surface area is 151 Å². The minimum absolute atomic E-state index is 0.159. The number of amides is 1. The SMILES string of the molecule is CCNC(=NCCCN1CCCCCC1=O)NCCCC(=O)OCC. The molecule has 1 saturated heterocycles. The molecule has 0 aromatic carbocycles. The van der Waals surface area contributed by atoms with E-state index < -0.39 is 0 Å². The molecule has 25 heavy (non-hydrogen) atoms. The van der Waals surface area contributed by atoms with Crippen LogP contribution in [0.25, 0.3) is 0 Å². The number of carbonyl (C=O) groups excluding carboxylic acids is 2. The molecule has 0 aromatic heterocycles. The van der Waals surface area contributed by atoms with E-state index in [2.05, 4.69) is 15.6 Å². The fourth-order valence-electron chi connectivity index (χ4n) is 2.74. The molecule has 1 amide bonds. The van der Waals surface area contributed by atoms with Crippen molar-refractivity contribution in [2.24, 2.45) is 4.99 Å². The van der Waals surface area contributed by atoms with Crippen molar-refractivity contribution in [3.05, 3.63) is 0 Å². The van der Waals surface area contributed by atoms with Crippen LogP contribution in [0, 0.1) is 0 Å². The zero-order chi connectivity index (χ0) is 18.3. The number of carbonyl (C=O) groups is 2. The molecule has 0 radical (unpaired) electrons. The van der Waals surface area contributed by atoms with E-state index in [4.69, 9.17) is 4.74 Å². The fourth-order valence-corrected chi connectivity index (χ4v) is 2.74. The quantitative estimate of drug-likeness (QED) is 0.270. The number of aliphatic imine (C=N–C) groups is 1. The smallest absolute Gasteiger partial charge is 0.305 e. The molecule has 1 aliphatic heterocycles. The van der Waals surface area contributed by atoms with Crippen LogP contribution >= 0.6 is 0 Å². The summed E-state index contributed by atoms with van der Waals surface area (Å²) in [5.41, 5.74) is 0. The zero-order valence-electron chi connectivity index (χ0n) is 15.8. The largest absolute Gasteiger partial charge is 0.466 e. The van der Waals surface area contributed by atoms with Crippen LogP contribution in [0.15, 0.2) is 4.99 Å². The Hall–Kier alpha value is -1.79. The van der Waals surface area contributed by atoms with Gasteiger partial charge in [-0.3, -0.25) is 14.6 Å². The molecule has 0 aromatic rings. The predicted molar refractivity (Wildman–Crippen MR) is 99.5 cm³/mol. The number of hydrogen-bond acceptors (Lipinski definition) is 4. The number of nitrogens with zero attached hydrogens (tertiary/aromatic N) is 2. The van der Waals surface area contributed by atoms with Gasteiger partial charge >= 0.3 is 5.97 Å². The number of rotatable bonds is 10. The van der Waals surface area contributed by atoms with E-state index in [1.165, 1.54) is 0 Å². The molecule has 1 aliphatic rings. The van der Waals surface area contributed by atoms with Gasteiger partial charge in [-0.2, -0.15) is 0 Å². The molecule has 1 rings (SSSR count). The summed E-state index contributed by atoms with van der Waals surface area (Å²) in [6.45, 7) is 8.06. The first-order valence-electron chi connectivity index (χ1n) is 9.63. The summed E-state index contributed by atoms with van der Waals surface area (Å²) in [6.07, 6.45) is 5.97. The van der Waals surface area contributed by atoms with Crippen molar-refractivity contribution in [1.82, 2.24) is 15.5 Å². The average molecular weight is 354 g/mol. The molecule has 0 unspecified atom stereocenters. The van der Waals surface area contributed by atoms with Crippen LogP contribution in [0.5, 0.6) is 0 Å². The van der Waals surface area contributed by atoms with E-state index in [0.29, 0.717) is 39.0 Å². The molecule has 0 saturated carbocycles. The first kappa shape index (κ1) is 21.3. The number of nitrogens with one attached hydrogen (secondary N) is 2. The van der Waals surface area contributed by atoms with Gasteiger partial charge in [-0.25, -0.2) is 0 Å². The summed E-state index contributed by atoms with van der Waals surface area (Å²) in [4.78, 5) is 29.8. The monoisotopic (exact) mass is 354 g/mol. The topological polar surface area (TPSA) is 83.0 Å². The minimum Gasteiger partial charge on any atom is -0.466 e. The molecule has 0 spiro atoms. The maximum Gasteiger partial charge on any atom is 0.305 e. The molecule has 144 valence electrons. The van der Waals surface area contributed by atoms with Crippen LogP contribution in [0.3, 0.4) is 0 Å². The van der Waals surface area contributed by atoms with Crippen LogP contribution in [0.2, 0.25) is 0 Å². The summed E-state index contributed by atoms with van der Waals surface area (Å²) in [5, 5.41) is 6.42. The van der Waals surface area contributed by atoms with Gasteiger partial charge in [0.15, 0.2) is 5.96 Å². The lowest BCUT2D eigenvalue weighted by Gasteiger charge is -2.20. The van der Waals surface area contributed by atoms with Crippen LogP contribution in [-0.2, 0) is 14.3 Å². The van der Waals surface area contributed by atoms with E-state index in [9.17, 15) is 9.59 Å². The summed E-state index contributed by atoms with van der Waals surface area (Å²) >= 11 is 0. The van der Waals surface area contributed by atoms with Gasteiger partial charge in [0.2, 0.25) is 5.91 Å². The molecule has 0 atom stereocenters. The molecular formula is C18H34N4O3. The molecule has 0 bridgehead atoms. The van der Waals surface area contributed by atoms with Crippen molar-refractivity contribution in [2.75, 3.05) is 39.3 Å². The van der Waals surface area contributed by atoms with Crippen molar-refractivity contribution in [3.63, 3.8) is 0 Å². The lowest BCUT2D eigenvalue weighted by Crippen LogP contribution is -2.38.